The fourth-order valence-electron chi connectivity index (χ4n) is 3.37. The zero-order valence-corrected chi connectivity index (χ0v) is 17.1. The quantitative estimate of drug-likeness (QED) is 0.633. The molecule has 148 valence electrons. The topological polar surface area (TPSA) is 79.0 Å². The number of pyridine rings is 2. The first-order valence-corrected chi connectivity index (χ1v) is 10.2. The number of fused-ring (bicyclic) bond motifs is 1. The molecule has 0 atom stereocenters. The van der Waals surface area contributed by atoms with Crippen molar-refractivity contribution in [3.8, 4) is 17.2 Å². The maximum Gasteiger partial charge on any atom is 0.260 e. The second-order valence-electron chi connectivity index (χ2n) is 7.06. The molecular weight excluding hydrogens is 415 g/mol. The third kappa shape index (κ3) is 3.41. The average molecular weight is 431 g/mol. The van der Waals surface area contributed by atoms with Gasteiger partial charge >= 0.3 is 0 Å². The molecule has 4 rings (SSSR count). The minimum absolute atomic E-state index is 0.0679. The van der Waals surface area contributed by atoms with Crippen molar-refractivity contribution < 1.29 is 9.18 Å². The predicted molar refractivity (Wildman–Crippen MR) is 110 cm³/mol. The summed E-state index contributed by atoms with van der Waals surface area (Å²) in [5.74, 6) is -0.284. The van der Waals surface area contributed by atoms with Gasteiger partial charge in [0.15, 0.2) is 5.69 Å². The van der Waals surface area contributed by atoms with E-state index in [4.69, 9.17) is 16.9 Å². The van der Waals surface area contributed by atoms with Crippen LogP contribution < -0.4 is 5.56 Å². The Morgan fingerprint density at radius 1 is 1.48 bits per heavy atom. The van der Waals surface area contributed by atoms with E-state index in [0.717, 1.165) is 4.70 Å². The molecule has 29 heavy (non-hydrogen) atoms. The van der Waals surface area contributed by atoms with Gasteiger partial charge in [0, 0.05) is 33.6 Å². The number of carbonyl (C=O) groups excluding carboxylic acids is 1. The number of rotatable bonds is 4. The van der Waals surface area contributed by atoms with Crippen molar-refractivity contribution in [3.05, 3.63) is 51.0 Å². The van der Waals surface area contributed by atoms with Crippen molar-refractivity contribution in [2.75, 3.05) is 13.1 Å². The molecular formula is C20H16ClFN4O2S. The first-order chi connectivity index (χ1) is 13.8. The van der Waals surface area contributed by atoms with E-state index in [9.17, 15) is 14.0 Å². The van der Waals surface area contributed by atoms with Crippen LogP contribution in [-0.4, -0.2) is 39.1 Å². The number of hydrogen-bond donors (Lipinski definition) is 0. The maximum atomic E-state index is 14.1. The van der Waals surface area contributed by atoms with Crippen molar-refractivity contribution in [2.45, 2.75) is 25.6 Å². The Bertz CT molecular complexity index is 1220. The molecule has 1 fully saturated rings. The summed E-state index contributed by atoms with van der Waals surface area (Å²) in [6.45, 7) is 1.75. The van der Waals surface area contributed by atoms with Crippen LogP contribution in [0.3, 0.4) is 0 Å². The van der Waals surface area contributed by atoms with Crippen molar-refractivity contribution >= 4 is 38.9 Å². The maximum absolute atomic E-state index is 14.1. The Hall–Kier alpha value is -2.76. The van der Waals surface area contributed by atoms with Crippen molar-refractivity contribution in [3.63, 3.8) is 0 Å². The van der Waals surface area contributed by atoms with Gasteiger partial charge in [-0.25, -0.2) is 9.37 Å². The monoisotopic (exact) mass is 430 g/mol. The molecule has 1 aliphatic rings. The first-order valence-electron chi connectivity index (χ1n) is 8.98. The number of nitrogens with zero attached hydrogens (tertiary/aromatic N) is 4. The molecule has 0 bridgehead atoms. The smallest absolute Gasteiger partial charge is 0.260 e. The summed E-state index contributed by atoms with van der Waals surface area (Å²) in [7, 11) is 0. The van der Waals surface area contributed by atoms with Gasteiger partial charge in [0.25, 0.3) is 5.56 Å². The van der Waals surface area contributed by atoms with Crippen LogP contribution in [0.5, 0.6) is 0 Å². The Morgan fingerprint density at radius 3 is 2.90 bits per heavy atom. The minimum atomic E-state index is -1.31. The van der Waals surface area contributed by atoms with Gasteiger partial charge in [-0.15, -0.1) is 11.3 Å². The Kier molecular flexibility index (Phi) is 4.89. The highest BCUT2D eigenvalue weighted by Crippen LogP contribution is 2.33. The minimum Gasteiger partial charge on any atom is -0.335 e. The third-order valence-electron chi connectivity index (χ3n) is 5.20. The first kappa shape index (κ1) is 19.6. The van der Waals surface area contributed by atoms with E-state index in [1.807, 2.05) is 11.4 Å². The molecule has 0 aliphatic carbocycles. The van der Waals surface area contributed by atoms with E-state index < -0.39 is 5.67 Å². The number of alkyl halides is 1. The number of aromatic nitrogens is 2. The van der Waals surface area contributed by atoms with Gasteiger partial charge in [-0.3, -0.25) is 9.59 Å². The molecule has 4 heterocycles. The van der Waals surface area contributed by atoms with Crippen LogP contribution in [0.2, 0.25) is 5.02 Å². The molecule has 3 aromatic heterocycles. The highest BCUT2D eigenvalue weighted by molar-refractivity contribution is 7.17. The van der Waals surface area contributed by atoms with Crippen molar-refractivity contribution in [1.82, 2.24) is 14.5 Å². The van der Waals surface area contributed by atoms with Crippen LogP contribution in [0.15, 0.2) is 34.7 Å². The van der Waals surface area contributed by atoms with E-state index in [1.54, 1.807) is 25.3 Å². The molecule has 1 amide bonds. The molecule has 0 radical (unpaired) electrons. The van der Waals surface area contributed by atoms with Gasteiger partial charge in [0.05, 0.1) is 23.5 Å². The Labute approximate surface area is 174 Å². The van der Waals surface area contributed by atoms with Gasteiger partial charge in [0.1, 0.15) is 18.3 Å². The van der Waals surface area contributed by atoms with Crippen LogP contribution in [0.1, 0.15) is 19.0 Å². The molecule has 1 saturated heterocycles. The van der Waals surface area contributed by atoms with Crippen LogP contribution >= 0.6 is 22.9 Å². The lowest BCUT2D eigenvalue weighted by atomic mass is 9.93. The molecule has 3 aromatic rings. The predicted octanol–water partition coefficient (Wildman–Crippen LogP) is 3.61. The zero-order valence-electron chi connectivity index (χ0n) is 15.5. The number of thiophene rings is 1. The molecule has 6 nitrogen and oxygen atoms in total. The normalized spacial score (nSPS) is 15.2. The highest BCUT2D eigenvalue weighted by atomic mass is 35.5. The van der Waals surface area contributed by atoms with Crippen molar-refractivity contribution in [2.24, 2.45) is 0 Å². The highest BCUT2D eigenvalue weighted by Gasteiger charge is 2.44. The molecule has 9 heteroatoms. The number of amides is 1. The van der Waals surface area contributed by atoms with Gasteiger partial charge in [0.2, 0.25) is 5.91 Å². The molecule has 0 spiro atoms. The largest absolute Gasteiger partial charge is 0.335 e. The molecule has 1 aliphatic heterocycles. The van der Waals surface area contributed by atoms with Crippen LogP contribution in [0.4, 0.5) is 4.39 Å². The number of likely N-dealkylation sites (tertiary alicyclic amines) is 1. The summed E-state index contributed by atoms with van der Waals surface area (Å²) in [6.07, 6.45) is 3.44. The van der Waals surface area contributed by atoms with Gasteiger partial charge in [-0.05, 0) is 18.6 Å². The number of nitriles is 1. The molecule has 0 N–H and O–H groups in total. The summed E-state index contributed by atoms with van der Waals surface area (Å²) < 4.78 is 16.2. The van der Waals surface area contributed by atoms with E-state index in [0.29, 0.717) is 22.9 Å². The number of halogens is 2. The Morgan fingerprint density at radius 2 is 2.24 bits per heavy atom. The second kappa shape index (κ2) is 7.25. The molecule has 0 aromatic carbocycles. The van der Waals surface area contributed by atoms with E-state index in [1.165, 1.54) is 27.0 Å². The SMILES string of the molecule is CCC1(F)CN(C(=O)Cn2ccc3scc(-c4cnc(C#N)c(Cl)c4)c3c2=O)C1. The summed E-state index contributed by atoms with van der Waals surface area (Å²) in [5, 5.41) is 11.5. The van der Waals surface area contributed by atoms with Crippen molar-refractivity contribution in [1.29, 1.82) is 5.26 Å². The lowest BCUT2D eigenvalue weighted by Crippen LogP contribution is -2.61. The fraction of sp³-hybridized carbons (Fsp3) is 0.300. The lowest BCUT2D eigenvalue weighted by Gasteiger charge is -2.44. The third-order valence-corrected chi connectivity index (χ3v) is 6.43. The fourth-order valence-corrected chi connectivity index (χ4v) is 4.53. The van der Waals surface area contributed by atoms with Gasteiger partial charge in [-0.1, -0.05) is 18.5 Å². The standard InChI is InChI=1S/C20H16ClFN4O2S/c1-2-20(22)10-26(11-20)17(27)8-25-4-3-16-18(19(25)28)13(9-29-16)12-5-14(21)15(6-23)24-7-12/h3-5,7,9H,2,8,10-11H2,1H3. The van der Waals surface area contributed by atoms with Gasteiger partial charge in [-0.2, -0.15) is 5.26 Å². The van der Waals surface area contributed by atoms with Crippen LogP contribution in [0.25, 0.3) is 21.2 Å². The van der Waals surface area contributed by atoms with Gasteiger partial charge < -0.3 is 9.47 Å². The van der Waals surface area contributed by atoms with E-state index >= 15 is 0 Å². The summed E-state index contributed by atoms with van der Waals surface area (Å²) >= 11 is 7.48. The summed E-state index contributed by atoms with van der Waals surface area (Å²) in [6, 6.07) is 5.28. The van der Waals surface area contributed by atoms with E-state index in [-0.39, 0.29) is 41.8 Å². The number of hydrogen-bond acceptors (Lipinski definition) is 5. The average Bonchev–Trinajstić information content (AvgIpc) is 3.12. The lowest BCUT2D eigenvalue weighted by molar-refractivity contribution is -0.146. The van der Waals surface area contributed by atoms with E-state index in [2.05, 4.69) is 4.98 Å². The Balaban J connectivity index is 1.67. The second-order valence-corrected chi connectivity index (χ2v) is 8.38. The van der Waals surface area contributed by atoms with Crippen LogP contribution in [0, 0.1) is 11.3 Å². The summed E-state index contributed by atoms with van der Waals surface area (Å²) in [5.41, 5.74) is -0.242. The molecule has 0 saturated carbocycles. The zero-order chi connectivity index (χ0) is 20.8. The van der Waals surface area contributed by atoms with Crippen LogP contribution in [-0.2, 0) is 11.3 Å². The summed E-state index contributed by atoms with van der Waals surface area (Å²) in [4.78, 5) is 31.0. The number of carbonyl (C=O) groups is 1. The molecule has 0 unspecified atom stereocenters.